The molecule has 0 saturated heterocycles. The Bertz CT molecular complexity index is 941. The Morgan fingerprint density at radius 1 is 0.957 bits per heavy atom. The Hall–Kier alpha value is -2.88. The molecule has 2 aromatic carbocycles. The van der Waals surface area contributed by atoms with Crippen LogP contribution in [0.15, 0.2) is 30.3 Å². The second kappa shape index (κ2) is 5.72. The van der Waals surface area contributed by atoms with Crippen LogP contribution in [0.4, 0.5) is 17.6 Å². The van der Waals surface area contributed by atoms with Crippen LogP contribution in [0, 0.1) is 34.6 Å². The second-order valence-corrected chi connectivity index (χ2v) is 4.88. The maximum Gasteiger partial charge on any atom is 0.161 e. The summed E-state index contributed by atoms with van der Waals surface area (Å²) in [5.74, 6) is -3.96. The fourth-order valence-corrected chi connectivity index (χ4v) is 2.36. The van der Waals surface area contributed by atoms with E-state index < -0.39 is 23.3 Å². The molecule has 3 aromatic rings. The third-order valence-corrected chi connectivity index (χ3v) is 3.42. The van der Waals surface area contributed by atoms with Crippen LogP contribution >= 0.6 is 0 Å². The van der Waals surface area contributed by atoms with Crippen LogP contribution in [0.2, 0.25) is 0 Å². The zero-order chi connectivity index (χ0) is 16.6. The van der Waals surface area contributed by atoms with Crippen LogP contribution in [0.1, 0.15) is 6.42 Å². The van der Waals surface area contributed by atoms with Crippen LogP contribution in [0.25, 0.3) is 22.4 Å². The minimum Gasteiger partial charge on any atom is -0.323 e. The van der Waals surface area contributed by atoms with Crippen molar-refractivity contribution in [2.24, 2.45) is 0 Å². The maximum absolute atomic E-state index is 13.5. The maximum atomic E-state index is 13.5. The van der Waals surface area contributed by atoms with E-state index in [1.54, 1.807) is 0 Å². The lowest BCUT2D eigenvalue weighted by Gasteiger charge is -2.07. The predicted octanol–water partition coefficient (Wildman–Crippen LogP) is 4.17. The van der Waals surface area contributed by atoms with Gasteiger partial charge in [-0.3, -0.25) is 0 Å². The van der Waals surface area contributed by atoms with Crippen LogP contribution in [-0.2, 0) is 6.54 Å². The average Bonchev–Trinajstić information content (AvgIpc) is 2.86. The molecule has 116 valence electrons. The first-order chi connectivity index (χ1) is 11.0. The molecule has 0 aliphatic heterocycles. The number of hydrogen-bond donors (Lipinski definition) is 0. The lowest BCUT2D eigenvalue weighted by atomic mass is 10.2. The number of benzene rings is 2. The summed E-state index contributed by atoms with van der Waals surface area (Å²) in [5.41, 5.74) is 0.694. The second-order valence-electron chi connectivity index (χ2n) is 4.88. The number of aryl methyl sites for hydroxylation is 1. The van der Waals surface area contributed by atoms with Gasteiger partial charge in [0, 0.05) is 24.2 Å². The molecule has 3 rings (SSSR count). The molecule has 0 aliphatic carbocycles. The zero-order valence-electron chi connectivity index (χ0n) is 11.7. The van der Waals surface area contributed by atoms with E-state index in [1.165, 1.54) is 10.6 Å². The Morgan fingerprint density at radius 3 is 2.35 bits per heavy atom. The van der Waals surface area contributed by atoms with Crippen molar-refractivity contribution in [3.63, 3.8) is 0 Å². The summed E-state index contributed by atoms with van der Waals surface area (Å²) in [7, 11) is 0. The van der Waals surface area contributed by atoms with Gasteiger partial charge >= 0.3 is 0 Å². The van der Waals surface area contributed by atoms with Gasteiger partial charge < -0.3 is 4.57 Å². The van der Waals surface area contributed by atoms with Gasteiger partial charge in [0.15, 0.2) is 23.3 Å². The van der Waals surface area contributed by atoms with Gasteiger partial charge in [0.25, 0.3) is 0 Å². The molecule has 0 fully saturated rings. The monoisotopic (exact) mass is 319 g/mol. The summed E-state index contributed by atoms with van der Waals surface area (Å²) in [4.78, 5) is 4.17. The van der Waals surface area contributed by atoms with Gasteiger partial charge in [-0.2, -0.15) is 5.26 Å². The zero-order valence-corrected chi connectivity index (χ0v) is 11.7. The Kier molecular flexibility index (Phi) is 3.74. The summed E-state index contributed by atoms with van der Waals surface area (Å²) in [6.07, 6.45) is 0.0983. The molecule has 0 N–H and O–H groups in total. The minimum atomic E-state index is -1.06. The van der Waals surface area contributed by atoms with Gasteiger partial charge in [-0.25, -0.2) is 22.5 Å². The highest BCUT2D eigenvalue weighted by Gasteiger charge is 2.16. The number of hydrogen-bond acceptors (Lipinski definition) is 2. The number of aromatic nitrogens is 2. The van der Waals surface area contributed by atoms with Crippen molar-refractivity contribution in [2.75, 3.05) is 0 Å². The van der Waals surface area contributed by atoms with Crippen molar-refractivity contribution in [2.45, 2.75) is 13.0 Å². The summed E-state index contributed by atoms with van der Waals surface area (Å²) in [5, 5.41) is 8.75. The van der Waals surface area contributed by atoms with E-state index >= 15 is 0 Å². The molecule has 7 heteroatoms. The first-order valence-corrected chi connectivity index (χ1v) is 6.69. The molecule has 1 aromatic heterocycles. The fourth-order valence-electron chi connectivity index (χ4n) is 2.36. The third kappa shape index (κ3) is 2.63. The predicted molar refractivity (Wildman–Crippen MR) is 75.2 cm³/mol. The fraction of sp³-hybridized carbons (Fsp3) is 0.125. The SMILES string of the molecule is N#CCCn1c(-c2ccc(F)c(F)c2)nc2cc(F)c(F)cc21. The number of imidazole rings is 1. The van der Waals surface area contributed by atoms with Crippen molar-refractivity contribution in [3.8, 4) is 17.5 Å². The summed E-state index contributed by atoms with van der Waals surface area (Å²) in [6.45, 7) is 0.159. The molecule has 0 aliphatic rings. The first-order valence-electron chi connectivity index (χ1n) is 6.69. The summed E-state index contributed by atoms with van der Waals surface area (Å²) >= 11 is 0. The molecule has 0 unspecified atom stereocenters. The van der Waals surface area contributed by atoms with Crippen molar-refractivity contribution in [1.82, 2.24) is 9.55 Å². The van der Waals surface area contributed by atoms with E-state index in [1.807, 2.05) is 6.07 Å². The molecule has 3 nitrogen and oxygen atoms in total. The van der Waals surface area contributed by atoms with Crippen molar-refractivity contribution in [3.05, 3.63) is 53.6 Å². The Balaban J connectivity index is 2.25. The topological polar surface area (TPSA) is 41.6 Å². The highest BCUT2D eigenvalue weighted by atomic mass is 19.2. The highest BCUT2D eigenvalue weighted by Crippen LogP contribution is 2.27. The summed E-state index contributed by atoms with van der Waals surface area (Å²) < 4.78 is 54.9. The average molecular weight is 319 g/mol. The number of rotatable bonds is 3. The molecule has 0 bridgehead atoms. The highest BCUT2D eigenvalue weighted by molar-refractivity contribution is 5.81. The van der Waals surface area contributed by atoms with Crippen LogP contribution < -0.4 is 0 Å². The lowest BCUT2D eigenvalue weighted by molar-refractivity contribution is 0.509. The molecule has 0 radical (unpaired) electrons. The van der Waals surface area contributed by atoms with Crippen molar-refractivity contribution in [1.29, 1.82) is 5.26 Å². The smallest absolute Gasteiger partial charge is 0.161 e. The van der Waals surface area contributed by atoms with Gasteiger partial charge in [0.05, 0.1) is 23.5 Å². The van der Waals surface area contributed by atoms with E-state index in [0.29, 0.717) is 0 Å². The van der Waals surface area contributed by atoms with Gasteiger partial charge in [-0.1, -0.05) is 0 Å². The molecule has 0 amide bonds. The van der Waals surface area contributed by atoms with E-state index in [4.69, 9.17) is 5.26 Å². The number of nitriles is 1. The molecule has 0 saturated carbocycles. The molecular weight excluding hydrogens is 310 g/mol. The third-order valence-electron chi connectivity index (χ3n) is 3.42. The molecule has 1 heterocycles. The van der Waals surface area contributed by atoms with Gasteiger partial charge in [0.2, 0.25) is 0 Å². The van der Waals surface area contributed by atoms with Gasteiger partial charge in [-0.05, 0) is 18.2 Å². The number of fused-ring (bicyclic) bond motifs is 1. The van der Waals surface area contributed by atoms with Crippen LogP contribution in [-0.4, -0.2) is 9.55 Å². The van der Waals surface area contributed by atoms with Crippen molar-refractivity contribution >= 4 is 11.0 Å². The largest absolute Gasteiger partial charge is 0.323 e. The van der Waals surface area contributed by atoms with E-state index in [9.17, 15) is 17.6 Å². The van der Waals surface area contributed by atoms with E-state index in [-0.39, 0.29) is 35.4 Å². The molecule has 0 atom stereocenters. The van der Waals surface area contributed by atoms with E-state index in [2.05, 4.69) is 4.98 Å². The Morgan fingerprint density at radius 2 is 1.65 bits per heavy atom. The molecule has 23 heavy (non-hydrogen) atoms. The van der Waals surface area contributed by atoms with Crippen LogP contribution in [0.5, 0.6) is 0 Å². The van der Waals surface area contributed by atoms with Crippen LogP contribution in [0.3, 0.4) is 0 Å². The standard InChI is InChI=1S/C16H9F4N3/c17-10-3-2-9(6-11(10)18)16-22-14-7-12(19)13(20)8-15(14)23(16)5-1-4-21/h2-3,6-8H,1,5H2. The minimum absolute atomic E-state index is 0.0983. The molecule has 0 spiro atoms. The van der Waals surface area contributed by atoms with Crippen molar-refractivity contribution < 1.29 is 17.6 Å². The first kappa shape index (κ1) is 15.0. The number of nitrogens with zero attached hydrogens (tertiary/aromatic N) is 3. The lowest BCUT2D eigenvalue weighted by Crippen LogP contribution is -2.01. The summed E-state index contributed by atoms with van der Waals surface area (Å²) in [6, 6.07) is 7.05. The quantitative estimate of drug-likeness (QED) is 0.680. The normalized spacial score (nSPS) is 10.9. The van der Waals surface area contributed by atoms with E-state index in [0.717, 1.165) is 24.3 Å². The molecular formula is C16H9F4N3. The Labute approximate surface area is 128 Å². The van der Waals surface area contributed by atoms with Gasteiger partial charge in [-0.15, -0.1) is 0 Å². The number of halogens is 4. The van der Waals surface area contributed by atoms with Gasteiger partial charge in [0.1, 0.15) is 5.82 Å².